The van der Waals surface area contributed by atoms with Crippen molar-refractivity contribution in [3.05, 3.63) is 118 Å². The van der Waals surface area contributed by atoms with Gasteiger partial charge in [0.25, 0.3) is 0 Å². The number of carbonyl (C=O) groups is 1. The van der Waals surface area contributed by atoms with E-state index in [1.165, 1.54) is 21.2 Å². The van der Waals surface area contributed by atoms with Crippen molar-refractivity contribution in [2.45, 2.75) is 56.9 Å². The molecule has 0 spiro atoms. The summed E-state index contributed by atoms with van der Waals surface area (Å²) in [7, 11) is -7.54. The number of hydrogen-bond acceptors (Lipinski definition) is 11. The molecule has 3 N–H and O–H groups in total. The van der Waals surface area contributed by atoms with E-state index in [0.29, 0.717) is 16.9 Å². The smallest absolute Gasteiger partial charge is 0.407 e. The maximum atomic E-state index is 15.1. The lowest BCUT2D eigenvalue weighted by molar-refractivity contribution is 0.0756. The summed E-state index contributed by atoms with van der Waals surface area (Å²) in [5.41, 5.74) is 1.19. The lowest BCUT2D eigenvalue weighted by Gasteiger charge is -2.26. The van der Waals surface area contributed by atoms with Crippen LogP contribution in [-0.2, 0) is 44.4 Å². The predicted molar refractivity (Wildman–Crippen MR) is 210 cm³/mol. The van der Waals surface area contributed by atoms with Crippen molar-refractivity contribution in [3.8, 4) is 17.1 Å². The Labute approximate surface area is 328 Å². The summed E-state index contributed by atoms with van der Waals surface area (Å²) in [6, 6.07) is 27.9. The van der Waals surface area contributed by atoms with E-state index < -0.39 is 55.0 Å². The number of carbonyl (C=O) groups excluding carboxylic acids is 1. The third-order valence-electron chi connectivity index (χ3n) is 7.83. The van der Waals surface area contributed by atoms with Crippen LogP contribution in [-0.4, -0.2) is 83.7 Å². The third kappa shape index (κ3) is 11.6. The number of hydrogen-bond donors (Lipinski definition) is 3. The van der Waals surface area contributed by atoms with Gasteiger partial charge in [0, 0.05) is 23.1 Å². The zero-order valence-corrected chi connectivity index (χ0v) is 33.8. The Morgan fingerprint density at radius 1 is 0.891 bits per heavy atom. The van der Waals surface area contributed by atoms with Gasteiger partial charge in [0.1, 0.15) is 23.4 Å². The molecule has 5 aromatic rings. The number of amides is 1. The van der Waals surface area contributed by atoms with Crippen LogP contribution in [0.25, 0.3) is 11.4 Å². The molecule has 0 bridgehead atoms. The Bertz CT molecular complexity index is 2250. The van der Waals surface area contributed by atoms with Crippen molar-refractivity contribution in [2.75, 3.05) is 24.2 Å². The molecule has 18 heteroatoms. The molecule has 1 atom stereocenters. The highest BCUT2D eigenvalue weighted by atomic mass is 79.9. The van der Waals surface area contributed by atoms with E-state index >= 15 is 8.42 Å². The molecular weight excluding hydrogens is 814 g/mol. The zero-order chi connectivity index (χ0) is 39.8. The van der Waals surface area contributed by atoms with Crippen LogP contribution >= 0.6 is 15.9 Å². The highest BCUT2D eigenvalue weighted by Crippen LogP contribution is 2.40. The fraction of sp³-hybridized carbons (Fsp3) is 0.297. The van der Waals surface area contributed by atoms with Gasteiger partial charge in [-0.15, -0.1) is 10.2 Å². The molecule has 0 unspecified atom stereocenters. The molecule has 5 rings (SSSR count). The Morgan fingerprint density at radius 3 is 2.05 bits per heavy atom. The van der Waals surface area contributed by atoms with Gasteiger partial charge < -0.3 is 19.9 Å². The minimum Gasteiger partial charge on any atom is -0.497 e. The number of benzene rings is 4. The van der Waals surface area contributed by atoms with Gasteiger partial charge in [-0.05, 0) is 82.9 Å². The molecule has 0 fully saturated rings. The van der Waals surface area contributed by atoms with Crippen molar-refractivity contribution >= 4 is 47.8 Å². The zero-order valence-electron chi connectivity index (χ0n) is 30.6. The minimum atomic E-state index is -4.62. The summed E-state index contributed by atoms with van der Waals surface area (Å²) >= 11 is 3.47. The first-order valence-electron chi connectivity index (χ1n) is 17.0. The van der Waals surface area contributed by atoms with Crippen LogP contribution in [0.5, 0.6) is 5.75 Å². The lowest BCUT2D eigenvalue weighted by atomic mass is 10.1. The number of methoxy groups -OCH3 is 1. The average molecular weight is 857 g/mol. The Balaban J connectivity index is 1.57. The molecule has 55 heavy (non-hydrogen) atoms. The number of tetrazole rings is 1. The average Bonchev–Trinajstić information content (AvgIpc) is 3.59. The van der Waals surface area contributed by atoms with Gasteiger partial charge in [0.2, 0.25) is 25.9 Å². The van der Waals surface area contributed by atoms with E-state index in [-0.39, 0.29) is 41.2 Å². The Kier molecular flexibility index (Phi) is 13.3. The minimum absolute atomic E-state index is 0.0463. The second-order valence-corrected chi connectivity index (χ2v) is 18.0. The SMILES string of the molecule is COc1ccc(Cn2nnc(-c3c(Br)ccc(NS(=O)(=O)C[C@H](O)COC(=O)NC(C)(C)C)c3S(=O)(=O)N(Cc3ccccc3)Cc3ccccc3)n2)cc1. The van der Waals surface area contributed by atoms with Crippen LogP contribution in [0.2, 0.25) is 0 Å². The number of nitrogens with zero attached hydrogens (tertiary/aromatic N) is 5. The van der Waals surface area contributed by atoms with Crippen molar-refractivity contribution in [1.29, 1.82) is 0 Å². The Hall–Kier alpha value is -4.88. The summed E-state index contributed by atoms with van der Waals surface area (Å²) < 4.78 is 71.5. The number of sulfonamides is 2. The topological polar surface area (TPSA) is 195 Å². The molecule has 15 nitrogen and oxygen atoms in total. The summed E-state index contributed by atoms with van der Waals surface area (Å²) in [4.78, 5) is 13.0. The quantitative estimate of drug-likeness (QED) is 0.118. The number of ether oxygens (including phenoxy) is 2. The summed E-state index contributed by atoms with van der Waals surface area (Å²) in [5, 5.41) is 26.0. The van der Waals surface area contributed by atoms with Crippen molar-refractivity contribution in [1.82, 2.24) is 29.8 Å². The number of alkyl carbamates (subject to hydrolysis) is 1. The maximum Gasteiger partial charge on any atom is 0.407 e. The molecule has 1 amide bonds. The van der Waals surface area contributed by atoms with Gasteiger partial charge in [-0.1, -0.05) is 72.8 Å². The van der Waals surface area contributed by atoms with Gasteiger partial charge in [-0.3, -0.25) is 4.72 Å². The monoisotopic (exact) mass is 855 g/mol. The first-order chi connectivity index (χ1) is 26.0. The van der Waals surface area contributed by atoms with E-state index in [1.807, 2.05) is 24.3 Å². The molecule has 0 saturated heterocycles. The molecule has 0 aliphatic rings. The van der Waals surface area contributed by atoms with Gasteiger partial charge in [0.05, 0.1) is 30.7 Å². The second kappa shape index (κ2) is 17.7. The van der Waals surface area contributed by atoms with Crippen LogP contribution in [0.1, 0.15) is 37.5 Å². The van der Waals surface area contributed by atoms with Crippen LogP contribution in [0.15, 0.2) is 106 Å². The molecule has 4 aromatic carbocycles. The number of aliphatic hydroxyl groups is 1. The van der Waals surface area contributed by atoms with Gasteiger partial charge >= 0.3 is 6.09 Å². The Morgan fingerprint density at radius 2 is 1.49 bits per heavy atom. The predicted octanol–water partition coefficient (Wildman–Crippen LogP) is 5.18. The normalized spacial score (nSPS) is 12.6. The van der Waals surface area contributed by atoms with Crippen LogP contribution < -0.4 is 14.8 Å². The van der Waals surface area contributed by atoms with Crippen LogP contribution in [0.3, 0.4) is 0 Å². The summed E-state index contributed by atoms with van der Waals surface area (Å²) in [6.07, 6.45) is -2.49. The number of anilines is 1. The molecule has 0 saturated carbocycles. The van der Waals surface area contributed by atoms with E-state index in [9.17, 15) is 18.3 Å². The molecular formula is C37H42BrN7O8S2. The number of aliphatic hydroxyl groups excluding tert-OH is 1. The van der Waals surface area contributed by atoms with Crippen LogP contribution in [0.4, 0.5) is 10.5 Å². The first-order valence-corrected chi connectivity index (χ1v) is 20.9. The van der Waals surface area contributed by atoms with Gasteiger partial charge in [-0.2, -0.15) is 9.10 Å². The molecule has 0 radical (unpaired) electrons. The van der Waals surface area contributed by atoms with Crippen molar-refractivity contribution in [2.24, 2.45) is 0 Å². The highest BCUT2D eigenvalue weighted by Gasteiger charge is 2.35. The molecule has 292 valence electrons. The summed E-state index contributed by atoms with van der Waals surface area (Å²) in [6.45, 7) is 4.60. The number of nitrogens with one attached hydrogen (secondary N) is 2. The third-order valence-corrected chi connectivity index (χ3v) is 11.7. The lowest BCUT2D eigenvalue weighted by Crippen LogP contribution is -2.42. The highest BCUT2D eigenvalue weighted by molar-refractivity contribution is 9.10. The van der Waals surface area contributed by atoms with Crippen LogP contribution in [0, 0.1) is 0 Å². The molecule has 0 aliphatic heterocycles. The molecule has 0 aliphatic carbocycles. The second-order valence-electron chi connectivity index (χ2n) is 13.5. The van der Waals surface area contributed by atoms with E-state index in [4.69, 9.17) is 9.47 Å². The number of halogens is 1. The fourth-order valence-electron chi connectivity index (χ4n) is 5.37. The standard InChI is InChI=1S/C37H42BrN7O8S2/c1-37(2,3)39-36(47)53-24-29(46)25-54(48,49)42-32-20-19-31(38)33(35-40-43-45(41-35)23-28-15-17-30(52-4)18-16-28)34(32)55(50,51)44(21-26-11-7-5-8-12-26)22-27-13-9-6-10-14-27/h5-20,29,42,46H,21-25H2,1-4H3,(H,39,47)/t29-/m1/s1. The van der Waals surface area contributed by atoms with E-state index in [1.54, 1.807) is 88.5 Å². The molecule has 1 aromatic heterocycles. The largest absolute Gasteiger partial charge is 0.497 e. The fourth-order valence-corrected chi connectivity index (χ4v) is 9.02. The van der Waals surface area contributed by atoms with E-state index in [2.05, 4.69) is 41.4 Å². The first kappa shape index (κ1) is 41.3. The maximum absolute atomic E-state index is 15.1. The summed E-state index contributed by atoms with van der Waals surface area (Å²) in [5.74, 6) is -0.359. The van der Waals surface area contributed by atoms with Crippen molar-refractivity contribution in [3.63, 3.8) is 0 Å². The van der Waals surface area contributed by atoms with Gasteiger partial charge in [0.15, 0.2) is 0 Å². The van der Waals surface area contributed by atoms with Crippen molar-refractivity contribution < 1.29 is 36.2 Å². The van der Waals surface area contributed by atoms with E-state index in [0.717, 1.165) is 5.56 Å². The number of aromatic nitrogens is 4. The molecule has 1 heterocycles. The number of rotatable bonds is 16. The van der Waals surface area contributed by atoms with Gasteiger partial charge in [-0.25, -0.2) is 21.6 Å².